The Morgan fingerprint density at radius 1 is 1.28 bits per heavy atom. The van der Waals surface area contributed by atoms with Crippen molar-refractivity contribution in [3.63, 3.8) is 0 Å². The predicted octanol–water partition coefficient (Wildman–Crippen LogP) is 3.45. The van der Waals surface area contributed by atoms with Crippen LogP contribution in [-0.2, 0) is 13.5 Å². The second kappa shape index (κ2) is 8.24. The fraction of sp³-hybridized carbons (Fsp3) is 0.500. The van der Waals surface area contributed by atoms with Gasteiger partial charge < -0.3 is 0 Å². The summed E-state index contributed by atoms with van der Waals surface area (Å²) in [5.74, 6) is 0. The molecular weight excluding hydrogens is 224 g/mol. The molecule has 0 aliphatic heterocycles. The second-order valence-electron chi connectivity index (χ2n) is 3.13. The molecule has 2 rings (SSSR count). The van der Waals surface area contributed by atoms with E-state index in [1.165, 1.54) is 0 Å². The van der Waals surface area contributed by atoms with Gasteiger partial charge >= 0.3 is 0 Å². The number of hydrogen-bond donors (Lipinski definition) is 0. The van der Waals surface area contributed by atoms with Crippen LogP contribution in [0.5, 0.6) is 0 Å². The number of rotatable bonds is 1. The molecule has 0 amide bonds. The van der Waals surface area contributed by atoms with Crippen molar-refractivity contribution < 1.29 is 0 Å². The molecule has 0 saturated carbocycles. The average molecular weight is 246 g/mol. The molecule has 2 aromatic heterocycles. The van der Waals surface area contributed by atoms with Crippen LogP contribution in [-0.4, -0.2) is 14.8 Å². The van der Waals surface area contributed by atoms with Crippen LogP contribution in [0.3, 0.4) is 0 Å². The van der Waals surface area contributed by atoms with Crippen LogP contribution in [0.25, 0.3) is 11.0 Å². The maximum Gasteiger partial charge on any atom is 0.157 e. The molecule has 0 atom stereocenters. The summed E-state index contributed by atoms with van der Waals surface area (Å²) in [6.45, 7) is 9.99. The number of nitrogens with zero attached hydrogens (tertiary/aromatic N) is 4. The summed E-state index contributed by atoms with van der Waals surface area (Å²) >= 11 is 0. The van der Waals surface area contributed by atoms with Crippen molar-refractivity contribution in [3.8, 4) is 6.07 Å². The topological polar surface area (TPSA) is 54.5 Å². The molecule has 0 unspecified atom stereocenters. The van der Waals surface area contributed by atoms with E-state index in [4.69, 9.17) is 5.26 Å². The summed E-state index contributed by atoms with van der Waals surface area (Å²) in [6, 6.07) is 3.99. The number of aromatic nitrogens is 3. The van der Waals surface area contributed by atoms with Crippen LogP contribution in [0, 0.1) is 11.3 Å². The van der Waals surface area contributed by atoms with Gasteiger partial charge in [-0.15, -0.1) is 0 Å². The Morgan fingerprint density at radius 2 is 1.89 bits per heavy atom. The van der Waals surface area contributed by atoms with Gasteiger partial charge in [0.25, 0.3) is 0 Å². The summed E-state index contributed by atoms with van der Waals surface area (Å²) < 4.78 is 1.72. The van der Waals surface area contributed by atoms with E-state index < -0.39 is 0 Å². The minimum Gasteiger partial charge on any atom is -0.250 e. The lowest BCUT2D eigenvalue weighted by Gasteiger charge is -2.00. The Balaban J connectivity index is 0.000000659. The predicted molar refractivity (Wildman–Crippen MR) is 75.3 cm³/mol. The van der Waals surface area contributed by atoms with Gasteiger partial charge in [-0.2, -0.15) is 10.4 Å². The van der Waals surface area contributed by atoms with E-state index in [2.05, 4.69) is 16.2 Å². The lowest BCUT2D eigenvalue weighted by molar-refractivity contribution is 0.783. The van der Waals surface area contributed by atoms with E-state index in [0.717, 1.165) is 23.1 Å². The molecule has 0 spiro atoms. The molecule has 0 radical (unpaired) electrons. The molecule has 18 heavy (non-hydrogen) atoms. The van der Waals surface area contributed by atoms with E-state index in [1.54, 1.807) is 10.9 Å². The molecule has 2 aromatic rings. The molecule has 0 bridgehead atoms. The van der Waals surface area contributed by atoms with Gasteiger partial charge in [0, 0.05) is 12.4 Å². The van der Waals surface area contributed by atoms with E-state index in [1.807, 2.05) is 47.7 Å². The summed E-state index contributed by atoms with van der Waals surface area (Å²) in [5, 5.41) is 13.9. The van der Waals surface area contributed by atoms with E-state index >= 15 is 0 Å². The number of aryl methyl sites for hydroxylation is 2. The Hall–Kier alpha value is -1.89. The number of pyridine rings is 1. The monoisotopic (exact) mass is 246 g/mol. The lowest BCUT2D eigenvalue weighted by Crippen LogP contribution is -1.97. The quantitative estimate of drug-likeness (QED) is 0.774. The van der Waals surface area contributed by atoms with Gasteiger partial charge in [-0.3, -0.25) is 4.68 Å². The Kier molecular flexibility index (Phi) is 7.37. The first-order valence-electron chi connectivity index (χ1n) is 6.48. The minimum absolute atomic E-state index is 0.646. The molecule has 0 aliphatic rings. The van der Waals surface area contributed by atoms with Crippen molar-refractivity contribution in [3.05, 3.63) is 23.5 Å². The van der Waals surface area contributed by atoms with Gasteiger partial charge in [0.05, 0.1) is 17.5 Å². The highest BCUT2D eigenvalue weighted by Crippen LogP contribution is 2.15. The highest BCUT2D eigenvalue weighted by atomic mass is 15.3. The smallest absolute Gasteiger partial charge is 0.157 e. The molecule has 2 heterocycles. The average Bonchev–Trinajstić information content (AvgIpc) is 2.82. The van der Waals surface area contributed by atoms with Crippen LogP contribution >= 0.6 is 0 Å². The molecule has 4 nitrogen and oxygen atoms in total. The molecule has 0 saturated heterocycles. The third-order valence-electron chi connectivity index (χ3n) is 2.24. The molecule has 98 valence electrons. The minimum atomic E-state index is 0.646. The molecular formula is C14H22N4. The van der Waals surface area contributed by atoms with Crippen LogP contribution in [0.2, 0.25) is 0 Å². The first-order valence-corrected chi connectivity index (χ1v) is 6.48. The number of nitriles is 1. The maximum atomic E-state index is 8.90. The standard InChI is InChI=1S/C10H10N4.2C2H6/c1-3-9-7(5-11)4-8-6-12-14(2)10(8)13-9;2*1-2/h4,6H,3H2,1-2H3;2*1-2H3. The maximum absolute atomic E-state index is 8.90. The Morgan fingerprint density at radius 3 is 2.39 bits per heavy atom. The van der Waals surface area contributed by atoms with Gasteiger partial charge in [-0.05, 0) is 12.5 Å². The zero-order valence-corrected chi connectivity index (χ0v) is 12.2. The normalized spacial score (nSPS) is 8.72. The van der Waals surface area contributed by atoms with Crippen molar-refractivity contribution >= 4 is 11.0 Å². The van der Waals surface area contributed by atoms with Crippen LogP contribution in [0.4, 0.5) is 0 Å². The zero-order valence-electron chi connectivity index (χ0n) is 12.2. The highest BCUT2D eigenvalue weighted by molar-refractivity contribution is 5.76. The fourth-order valence-electron chi connectivity index (χ4n) is 1.48. The van der Waals surface area contributed by atoms with Crippen LogP contribution < -0.4 is 0 Å². The first kappa shape index (κ1) is 16.1. The third-order valence-corrected chi connectivity index (χ3v) is 2.24. The Bertz CT molecular complexity index is 520. The van der Waals surface area contributed by atoms with Gasteiger partial charge in [0.1, 0.15) is 6.07 Å². The van der Waals surface area contributed by atoms with E-state index in [9.17, 15) is 0 Å². The summed E-state index contributed by atoms with van der Waals surface area (Å²) in [5.41, 5.74) is 2.32. The zero-order chi connectivity index (χ0) is 14.1. The van der Waals surface area contributed by atoms with Crippen molar-refractivity contribution in [2.75, 3.05) is 0 Å². The summed E-state index contributed by atoms with van der Waals surface area (Å²) in [4.78, 5) is 4.40. The van der Waals surface area contributed by atoms with E-state index in [0.29, 0.717) is 5.56 Å². The number of fused-ring (bicyclic) bond motifs is 1. The van der Waals surface area contributed by atoms with Gasteiger partial charge in [0.15, 0.2) is 5.65 Å². The largest absolute Gasteiger partial charge is 0.250 e. The first-order chi connectivity index (χ1) is 8.76. The van der Waals surface area contributed by atoms with Crippen molar-refractivity contribution in [2.24, 2.45) is 7.05 Å². The summed E-state index contributed by atoms with van der Waals surface area (Å²) in [7, 11) is 1.85. The lowest BCUT2D eigenvalue weighted by atomic mass is 10.1. The number of hydrogen-bond acceptors (Lipinski definition) is 3. The molecule has 0 N–H and O–H groups in total. The molecule has 0 aliphatic carbocycles. The van der Waals surface area contributed by atoms with Crippen molar-refractivity contribution in [2.45, 2.75) is 41.0 Å². The highest BCUT2D eigenvalue weighted by Gasteiger charge is 2.07. The van der Waals surface area contributed by atoms with Crippen molar-refractivity contribution in [1.82, 2.24) is 14.8 Å². The second-order valence-corrected chi connectivity index (χ2v) is 3.13. The van der Waals surface area contributed by atoms with Gasteiger partial charge in [-0.25, -0.2) is 4.98 Å². The Labute approximate surface area is 109 Å². The SMILES string of the molecule is CC.CC.CCc1nc2c(cnn2C)cc1C#N. The fourth-order valence-corrected chi connectivity index (χ4v) is 1.48. The van der Waals surface area contributed by atoms with Gasteiger partial charge in [-0.1, -0.05) is 34.6 Å². The van der Waals surface area contributed by atoms with Crippen molar-refractivity contribution in [1.29, 1.82) is 5.26 Å². The molecule has 0 fully saturated rings. The third kappa shape index (κ3) is 3.30. The van der Waals surface area contributed by atoms with Crippen LogP contribution in [0.15, 0.2) is 12.3 Å². The molecule has 4 heteroatoms. The van der Waals surface area contributed by atoms with Crippen LogP contribution in [0.1, 0.15) is 45.9 Å². The van der Waals surface area contributed by atoms with Gasteiger partial charge in [0.2, 0.25) is 0 Å². The summed E-state index contributed by atoms with van der Waals surface area (Å²) in [6.07, 6.45) is 2.49. The molecule has 0 aromatic carbocycles. The van der Waals surface area contributed by atoms with E-state index in [-0.39, 0.29) is 0 Å².